The van der Waals surface area contributed by atoms with Gasteiger partial charge in [-0.2, -0.15) is 0 Å². The standard InChI is InChI=1S/C8H15NO2/c1-8(11)2-4-9(5-3-8)6-7-10/h7,11H,2-6H2,1H3. The van der Waals surface area contributed by atoms with E-state index in [-0.39, 0.29) is 0 Å². The molecule has 0 amide bonds. The third-order valence-electron chi connectivity index (χ3n) is 2.27. The number of rotatable bonds is 2. The molecule has 1 saturated heterocycles. The van der Waals surface area contributed by atoms with Crippen LogP contribution in [0.3, 0.4) is 0 Å². The highest BCUT2D eigenvalue weighted by atomic mass is 16.3. The van der Waals surface area contributed by atoms with Crippen LogP contribution in [0.1, 0.15) is 19.8 Å². The Labute approximate surface area is 67.0 Å². The fraction of sp³-hybridized carbons (Fsp3) is 0.875. The van der Waals surface area contributed by atoms with Crippen molar-refractivity contribution >= 4 is 6.29 Å². The molecule has 1 rings (SSSR count). The molecule has 0 aromatic rings. The predicted octanol–water partition coefficient (Wildman–Crippen LogP) is 0.0321. The summed E-state index contributed by atoms with van der Waals surface area (Å²) >= 11 is 0. The zero-order chi connectivity index (χ0) is 8.32. The van der Waals surface area contributed by atoms with Gasteiger partial charge in [0.25, 0.3) is 0 Å². The Kier molecular flexibility index (Phi) is 2.62. The molecule has 0 radical (unpaired) electrons. The minimum atomic E-state index is -0.501. The number of carbonyl (C=O) groups is 1. The van der Waals surface area contributed by atoms with Crippen LogP contribution in [-0.2, 0) is 4.79 Å². The lowest BCUT2D eigenvalue weighted by atomic mass is 9.94. The van der Waals surface area contributed by atoms with Gasteiger partial charge in [-0.1, -0.05) is 0 Å². The Morgan fingerprint density at radius 1 is 1.55 bits per heavy atom. The van der Waals surface area contributed by atoms with Crippen molar-refractivity contribution in [1.82, 2.24) is 4.90 Å². The third kappa shape index (κ3) is 2.60. The Bertz CT molecular complexity index is 135. The molecule has 1 aliphatic rings. The van der Waals surface area contributed by atoms with Crippen LogP contribution >= 0.6 is 0 Å². The first-order chi connectivity index (χ1) is 5.14. The minimum absolute atomic E-state index is 0.501. The summed E-state index contributed by atoms with van der Waals surface area (Å²) in [5.74, 6) is 0. The van der Waals surface area contributed by atoms with Crippen molar-refractivity contribution in [2.75, 3.05) is 19.6 Å². The number of hydrogen-bond donors (Lipinski definition) is 1. The largest absolute Gasteiger partial charge is 0.390 e. The summed E-state index contributed by atoms with van der Waals surface area (Å²) in [7, 11) is 0. The maximum absolute atomic E-state index is 10.1. The van der Waals surface area contributed by atoms with Gasteiger partial charge in [0.2, 0.25) is 0 Å². The molecule has 64 valence electrons. The van der Waals surface area contributed by atoms with E-state index in [0.29, 0.717) is 6.54 Å². The first kappa shape index (κ1) is 8.68. The molecular weight excluding hydrogens is 142 g/mol. The molecule has 11 heavy (non-hydrogen) atoms. The lowest BCUT2D eigenvalue weighted by Crippen LogP contribution is -2.42. The van der Waals surface area contributed by atoms with Crippen molar-refractivity contribution in [2.24, 2.45) is 0 Å². The van der Waals surface area contributed by atoms with E-state index >= 15 is 0 Å². The van der Waals surface area contributed by atoms with Gasteiger partial charge in [-0.3, -0.25) is 4.90 Å². The zero-order valence-corrected chi connectivity index (χ0v) is 6.92. The zero-order valence-electron chi connectivity index (χ0n) is 6.92. The van der Waals surface area contributed by atoms with Crippen molar-refractivity contribution in [1.29, 1.82) is 0 Å². The van der Waals surface area contributed by atoms with E-state index in [0.717, 1.165) is 32.2 Å². The fourth-order valence-electron chi connectivity index (χ4n) is 1.32. The molecule has 3 heteroatoms. The Hall–Kier alpha value is -0.410. The first-order valence-corrected chi connectivity index (χ1v) is 4.02. The molecule has 0 aliphatic carbocycles. The fourth-order valence-corrected chi connectivity index (χ4v) is 1.32. The Balaban J connectivity index is 2.30. The molecule has 0 bridgehead atoms. The number of aliphatic hydroxyl groups is 1. The normalized spacial score (nSPS) is 24.9. The van der Waals surface area contributed by atoms with Gasteiger partial charge < -0.3 is 9.90 Å². The molecule has 0 aromatic heterocycles. The van der Waals surface area contributed by atoms with Crippen LogP contribution in [0.15, 0.2) is 0 Å². The lowest BCUT2D eigenvalue weighted by molar-refractivity contribution is -0.110. The van der Waals surface area contributed by atoms with Crippen LogP contribution in [0.25, 0.3) is 0 Å². The topological polar surface area (TPSA) is 40.5 Å². The van der Waals surface area contributed by atoms with E-state index in [4.69, 9.17) is 0 Å². The van der Waals surface area contributed by atoms with Crippen LogP contribution < -0.4 is 0 Å². The second-order valence-electron chi connectivity index (χ2n) is 3.46. The van der Waals surface area contributed by atoms with Gasteiger partial charge in [-0.25, -0.2) is 0 Å². The molecule has 0 unspecified atom stereocenters. The molecule has 1 fully saturated rings. The lowest BCUT2D eigenvalue weighted by Gasteiger charge is -2.34. The Morgan fingerprint density at radius 2 is 2.09 bits per heavy atom. The molecule has 0 spiro atoms. The van der Waals surface area contributed by atoms with Gasteiger partial charge in [-0.15, -0.1) is 0 Å². The highest BCUT2D eigenvalue weighted by Gasteiger charge is 2.26. The summed E-state index contributed by atoms with van der Waals surface area (Å²) in [6.45, 7) is 4.04. The number of carbonyl (C=O) groups excluding carboxylic acids is 1. The van der Waals surface area contributed by atoms with E-state index in [1.165, 1.54) is 0 Å². The smallest absolute Gasteiger partial charge is 0.133 e. The predicted molar refractivity (Wildman–Crippen MR) is 42.4 cm³/mol. The average molecular weight is 157 g/mol. The van der Waals surface area contributed by atoms with Crippen molar-refractivity contribution < 1.29 is 9.90 Å². The van der Waals surface area contributed by atoms with Gasteiger partial charge in [0.05, 0.1) is 12.1 Å². The first-order valence-electron chi connectivity index (χ1n) is 4.02. The highest BCUT2D eigenvalue weighted by Crippen LogP contribution is 2.20. The van der Waals surface area contributed by atoms with Crippen LogP contribution in [0.2, 0.25) is 0 Å². The number of likely N-dealkylation sites (tertiary alicyclic amines) is 1. The quantitative estimate of drug-likeness (QED) is 0.575. The van der Waals surface area contributed by atoms with Crippen LogP contribution in [-0.4, -0.2) is 41.5 Å². The molecule has 3 nitrogen and oxygen atoms in total. The van der Waals surface area contributed by atoms with Gasteiger partial charge >= 0.3 is 0 Å². The summed E-state index contributed by atoms with van der Waals surface area (Å²) in [6.07, 6.45) is 2.47. The maximum atomic E-state index is 10.1. The second-order valence-corrected chi connectivity index (χ2v) is 3.46. The molecular formula is C8H15NO2. The number of aldehydes is 1. The monoisotopic (exact) mass is 157 g/mol. The van der Waals surface area contributed by atoms with Crippen LogP contribution in [0, 0.1) is 0 Å². The molecule has 0 aromatic carbocycles. The van der Waals surface area contributed by atoms with E-state index in [1.807, 2.05) is 6.92 Å². The third-order valence-corrected chi connectivity index (χ3v) is 2.27. The van der Waals surface area contributed by atoms with Gasteiger partial charge in [-0.05, 0) is 19.8 Å². The van der Waals surface area contributed by atoms with Crippen molar-refractivity contribution in [3.8, 4) is 0 Å². The van der Waals surface area contributed by atoms with E-state index in [9.17, 15) is 9.90 Å². The SMILES string of the molecule is CC1(O)CCN(CC=O)CC1. The van der Waals surface area contributed by atoms with Crippen molar-refractivity contribution in [3.05, 3.63) is 0 Å². The van der Waals surface area contributed by atoms with Crippen molar-refractivity contribution in [3.63, 3.8) is 0 Å². The van der Waals surface area contributed by atoms with Crippen molar-refractivity contribution in [2.45, 2.75) is 25.4 Å². The minimum Gasteiger partial charge on any atom is -0.390 e. The average Bonchev–Trinajstić information content (AvgIpc) is 1.94. The van der Waals surface area contributed by atoms with Gasteiger partial charge in [0.15, 0.2) is 0 Å². The number of hydrogen-bond acceptors (Lipinski definition) is 3. The maximum Gasteiger partial charge on any atom is 0.133 e. The summed E-state index contributed by atoms with van der Waals surface area (Å²) in [6, 6.07) is 0. The molecule has 0 saturated carbocycles. The highest BCUT2D eigenvalue weighted by molar-refractivity contribution is 5.51. The summed E-state index contributed by atoms with van der Waals surface area (Å²) < 4.78 is 0. The second kappa shape index (κ2) is 3.32. The number of nitrogens with zero attached hydrogens (tertiary/aromatic N) is 1. The van der Waals surface area contributed by atoms with E-state index in [2.05, 4.69) is 4.90 Å². The summed E-state index contributed by atoms with van der Waals surface area (Å²) in [4.78, 5) is 12.2. The summed E-state index contributed by atoms with van der Waals surface area (Å²) in [5, 5.41) is 9.55. The molecule has 1 heterocycles. The van der Waals surface area contributed by atoms with Gasteiger partial charge in [0, 0.05) is 13.1 Å². The number of piperidine rings is 1. The van der Waals surface area contributed by atoms with Gasteiger partial charge in [0.1, 0.15) is 6.29 Å². The summed E-state index contributed by atoms with van der Waals surface area (Å²) in [5.41, 5.74) is -0.501. The Morgan fingerprint density at radius 3 is 2.55 bits per heavy atom. The van der Waals surface area contributed by atoms with E-state index in [1.54, 1.807) is 0 Å². The molecule has 1 aliphatic heterocycles. The molecule has 0 atom stereocenters. The molecule has 1 N–H and O–H groups in total. The van der Waals surface area contributed by atoms with Crippen LogP contribution in [0.5, 0.6) is 0 Å². The van der Waals surface area contributed by atoms with Crippen LogP contribution in [0.4, 0.5) is 0 Å². The van der Waals surface area contributed by atoms with E-state index < -0.39 is 5.60 Å².